The largest absolute Gasteiger partial charge is 0.474 e. The summed E-state index contributed by atoms with van der Waals surface area (Å²) in [4.78, 5) is 16.8. The van der Waals surface area contributed by atoms with Crippen LogP contribution in [-0.4, -0.2) is 77.3 Å². The lowest BCUT2D eigenvalue weighted by molar-refractivity contribution is 0.0512. The van der Waals surface area contributed by atoms with Crippen LogP contribution in [0.5, 0.6) is 11.6 Å². The standard InChI is InChI=1S/C52H62F2N4O4SSi2/c1-33(2)64(34(3)4,35(5)6)27-26-40-42(53)25-24-36-28-37(61-32-59-12)29-41(43(36)40)46-45(54)47-44-48(57-50(56-47)63-13)58(11)52(10,30-60-49(44)55-46)31-62-65(51(7,8)9,38-20-16-14-17-21-38)39-22-18-15-19-23-39/h14-25,28-29,33-35H,30-32H2,1-13H3. The number of halogens is 2. The number of anilines is 1. The predicted octanol–water partition coefficient (Wildman–Crippen LogP) is 11.6. The summed E-state index contributed by atoms with van der Waals surface area (Å²) in [6.45, 7) is 22.4. The van der Waals surface area contributed by atoms with Gasteiger partial charge in [0.05, 0.1) is 17.7 Å². The van der Waals surface area contributed by atoms with Crippen LogP contribution < -0.4 is 24.7 Å². The molecule has 1 unspecified atom stereocenters. The summed E-state index contributed by atoms with van der Waals surface area (Å²) in [5.74, 6) is 3.19. The van der Waals surface area contributed by atoms with E-state index in [4.69, 9.17) is 33.6 Å². The third kappa shape index (κ3) is 8.57. The van der Waals surface area contributed by atoms with Gasteiger partial charge < -0.3 is 23.5 Å². The average molecular weight is 933 g/mol. The molecule has 6 aromatic rings. The van der Waals surface area contributed by atoms with E-state index in [1.54, 1.807) is 18.2 Å². The SMILES string of the molecule is COCOc1cc(-c2nc3c4c(nc(SC)nc4c2F)N(C)C(C)(CO[Si](c2ccccc2)(c2ccccc2)C(C)(C)C)CO3)c2c(C#C[Si](C(C)C)(C(C)C)C(C)C)c(F)ccc2c1. The zero-order valence-corrected chi connectivity index (χ0v) is 42.8. The Morgan fingerprint density at radius 3 is 2.03 bits per heavy atom. The molecule has 65 heavy (non-hydrogen) atoms. The predicted molar refractivity (Wildman–Crippen MR) is 268 cm³/mol. The second-order valence-electron chi connectivity index (χ2n) is 19.3. The number of rotatable bonds is 13. The van der Waals surface area contributed by atoms with Gasteiger partial charge in [-0.3, -0.25) is 0 Å². The zero-order chi connectivity index (χ0) is 47.1. The van der Waals surface area contributed by atoms with Crippen molar-refractivity contribution in [2.24, 2.45) is 0 Å². The van der Waals surface area contributed by atoms with E-state index in [0.717, 1.165) is 10.4 Å². The molecule has 1 aliphatic rings. The van der Waals surface area contributed by atoms with Crippen LogP contribution >= 0.6 is 11.8 Å². The molecule has 7 rings (SSSR count). The van der Waals surface area contributed by atoms with Gasteiger partial charge in [-0.15, -0.1) is 5.54 Å². The topological polar surface area (TPSA) is 78.8 Å². The van der Waals surface area contributed by atoms with Crippen molar-refractivity contribution in [1.82, 2.24) is 15.0 Å². The van der Waals surface area contributed by atoms with Crippen LogP contribution in [0.4, 0.5) is 14.6 Å². The molecule has 13 heteroatoms. The molecule has 0 aliphatic carbocycles. The summed E-state index contributed by atoms with van der Waals surface area (Å²) >= 11 is 1.31. The molecule has 342 valence electrons. The third-order valence-corrected chi connectivity index (χ3v) is 25.3. The highest BCUT2D eigenvalue weighted by Crippen LogP contribution is 2.46. The first-order chi connectivity index (χ1) is 30.8. The summed E-state index contributed by atoms with van der Waals surface area (Å²) < 4.78 is 59.9. The molecule has 8 nitrogen and oxygen atoms in total. The van der Waals surface area contributed by atoms with Crippen molar-refractivity contribution >= 4 is 66.0 Å². The lowest BCUT2D eigenvalue weighted by Crippen LogP contribution is -2.68. The molecule has 0 saturated carbocycles. The van der Waals surface area contributed by atoms with Crippen LogP contribution in [0.15, 0.2) is 90.1 Å². The molecule has 1 aliphatic heterocycles. The zero-order valence-electron chi connectivity index (χ0n) is 40.0. The van der Waals surface area contributed by atoms with E-state index in [9.17, 15) is 0 Å². The molecule has 0 radical (unpaired) electrons. The average Bonchev–Trinajstić information content (AvgIpc) is 3.38. The van der Waals surface area contributed by atoms with E-state index in [1.807, 2.05) is 30.3 Å². The first-order valence-corrected chi connectivity index (χ1v) is 27.7. The van der Waals surface area contributed by atoms with Crippen molar-refractivity contribution in [3.8, 4) is 34.4 Å². The number of likely N-dealkylation sites (N-methyl/N-ethyl adjacent to an activating group) is 1. The van der Waals surface area contributed by atoms with E-state index < -0.39 is 33.6 Å². The molecule has 0 bridgehead atoms. The number of ether oxygens (including phenoxy) is 3. The van der Waals surface area contributed by atoms with Gasteiger partial charge in [0, 0.05) is 25.1 Å². The first kappa shape index (κ1) is 48.1. The number of nitrogens with zero attached hydrogens (tertiary/aromatic N) is 4. The summed E-state index contributed by atoms with van der Waals surface area (Å²) in [5, 5.41) is 3.77. The lowest BCUT2D eigenvalue weighted by atomic mass is 9.95. The van der Waals surface area contributed by atoms with Crippen LogP contribution in [0.3, 0.4) is 0 Å². The normalized spacial score (nSPS) is 15.7. The fourth-order valence-electron chi connectivity index (χ4n) is 10.00. The second kappa shape index (κ2) is 18.8. The molecule has 1 atom stereocenters. The molecule has 2 aromatic heterocycles. The van der Waals surface area contributed by atoms with E-state index in [1.165, 1.54) is 24.9 Å². The minimum atomic E-state index is -2.99. The maximum atomic E-state index is 17.8. The number of hydrogen-bond donors (Lipinski definition) is 0. The molecule has 0 saturated heterocycles. The summed E-state index contributed by atoms with van der Waals surface area (Å²) in [5.41, 5.74) is 4.26. The van der Waals surface area contributed by atoms with Crippen LogP contribution in [0.2, 0.25) is 21.7 Å². The number of fused-ring (bicyclic) bond motifs is 1. The van der Waals surface area contributed by atoms with E-state index in [-0.39, 0.29) is 47.7 Å². The molecule has 3 heterocycles. The van der Waals surface area contributed by atoms with Crippen molar-refractivity contribution in [1.29, 1.82) is 0 Å². The number of pyridine rings is 1. The Balaban J connectivity index is 1.43. The van der Waals surface area contributed by atoms with Crippen molar-refractivity contribution in [3.63, 3.8) is 0 Å². The van der Waals surface area contributed by atoms with E-state index in [2.05, 4.69) is 129 Å². The molecule has 0 N–H and O–H groups in total. The molecular formula is C52H62F2N4O4SSi2. The van der Waals surface area contributed by atoms with Gasteiger partial charge >= 0.3 is 0 Å². The Morgan fingerprint density at radius 2 is 1.48 bits per heavy atom. The van der Waals surface area contributed by atoms with Gasteiger partial charge in [-0.25, -0.2) is 23.7 Å². The van der Waals surface area contributed by atoms with Gasteiger partial charge in [-0.1, -0.05) is 147 Å². The number of aromatic nitrogens is 3. The minimum Gasteiger partial charge on any atom is -0.474 e. The summed E-state index contributed by atoms with van der Waals surface area (Å²) in [6.07, 6.45) is 1.86. The van der Waals surface area contributed by atoms with Crippen LogP contribution in [0.1, 0.15) is 74.8 Å². The lowest BCUT2D eigenvalue weighted by Gasteiger charge is -2.46. The number of thioether (sulfide) groups is 1. The molecular weight excluding hydrogens is 871 g/mol. The highest BCUT2D eigenvalue weighted by molar-refractivity contribution is 7.98. The maximum Gasteiger partial charge on any atom is 0.261 e. The number of benzene rings is 4. The van der Waals surface area contributed by atoms with Gasteiger partial charge in [0.2, 0.25) is 5.88 Å². The quantitative estimate of drug-likeness (QED) is 0.0370. The fourth-order valence-corrected chi connectivity index (χ4v) is 20.2. The Bertz CT molecular complexity index is 2700. The van der Waals surface area contributed by atoms with Crippen LogP contribution in [-0.2, 0) is 9.16 Å². The van der Waals surface area contributed by atoms with Crippen LogP contribution in [0.25, 0.3) is 32.9 Å². The van der Waals surface area contributed by atoms with E-state index >= 15 is 8.78 Å². The monoisotopic (exact) mass is 932 g/mol. The highest BCUT2D eigenvalue weighted by atomic mass is 32.2. The second-order valence-corrected chi connectivity index (χ2v) is 30.0. The van der Waals surface area contributed by atoms with Gasteiger partial charge in [0.1, 0.15) is 48.7 Å². The third-order valence-electron chi connectivity index (χ3n) is 13.5. The van der Waals surface area contributed by atoms with Gasteiger partial charge in [-0.05, 0) is 68.8 Å². The minimum absolute atomic E-state index is 0.0367. The Hall–Kier alpha value is -4.85. The Kier molecular flexibility index (Phi) is 13.9. The Labute approximate surface area is 390 Å². The molecule has 0 amide bonds. The molecule has 0 fully saturated rings. The molecule has 4 aromatic carbocycles. The van der Waals surface area contributed by atoms with Gasteiger partial charge in [-0.2, -0.15) is 0 Å². The molecule has 0 spiro atoms. The van der Waals surface area contributed by atoms with Crippen molar-refractivity contribution in [3.05, 3.63) is 102 Å². The highest BCUT2D eigenvalue weighted by Gasteiger charge is 2.52. The smallest absolute Gasteiger partial charge is 0.261 e. The van der Waals surface area contributed by atoms with Gasteiger partial charge in [0.25, 0.3) is 8.32 Å². The Morgan fingerprint density at radius 1 is 0.862 bits per heavy atom. The summed E-state index contributed by atoms with van der Waals surface area (Å²) in [6, 6.07) is 27.6. The first-order valence-electron chi connectivity index (χ1n) is 22.3. The number of hydrogen-bond acceptors (Lipinski definition) is 9. The van der Waals surface area contributed by atoms with Crippen molar-refractivity contribution < 1.29 is 27.4 Å². The van der Waals surface area contributed by atoms with E-state index in [0.29, 0.717) is 55.1 Å². The number of methoxy groups -OCH3 is 1. The van der Waals surface area contributed by atoms with Crippen LogP contribution in [0, 0.1) is 23.1 Å². The fraction of sp³-hybridized carbons (Fsp3) is 0.404. The van der Waals surface area contributed by atoms with Crippen molar-refractivity contribution in [2.45, 2.75) is 102 Å². The van der Waals surface area contributed by atoms with Gasteiger partial charge in [0.15, 0.2) is 17.8 Å². The van der Waals surface area contributed by atoms with Crippen molar-refractivity contribution in [2.75, 3.05) is 45.3 Å². The maximum absolute atomic E-state index is 17.8. The summed E-state index contributed by atoms with van der Waals surface area (Å²) in [7, 11) is -1.84.